The molecule has 3 aromatic rings. The molecule has 0 heterocycles. The van der Waals surface area contributed by atoms with Crippen LogP contribution in [0.2, 0.25) is 5.02 Å². The van der Waals surface area contributed by atoms with Crippen molar-refractivity contribution in [1.29, 1.82) is 0 Å². The Hall–Kier alpha value is -3.07. The predicted octanol–water partition coefficient (Wildman–Crippen LogP) is 4.03. The van der Waals surface area contributed by atoms with Crippen molar-refractivity contribution in [2.24, 2.45) is 0 Å². The minimum absolute atomic E-state index is 0.0699. The topological polar surface area (TPSA) is 93.7 Å². The molecule has 174 valence electrons. The Morgan fingerprint density at radius 2 is 1.73 bits per heavy atom. The summed E-state index contributed by atoms with van der Waals surface area (Å²) in [6.45, 7) is 0.899. The van der Waals surface area contributed by atoms with Gasteiger partial charge in [0.2, 0.25) is 10.0 Å². The molecule has 0 saturated carbocycles. The zero-order chi connectivity index (χ0) is 23.7. The van der Waals surface area contributed by atoms with Crippen LogP contribution in [0.4, 0.5) is 0 Å². The van der Waals surface area contributed by atoms with Gasteiger partial charge in [-0.2, -0.15) is 0 Å². The first-order chi connectivity index (χ1) is 15.9. The molecule has 0 spiro atoms. The van der Waals surface area contributed by atoms with Crippen LogP contribution in [0.3, 0.4) is 0 Å². The number of hydrogen-bond donors (Lipinski definition) is 2. The molecular weight excluding hydrogens is 464 g/mol. The Bertz CT molecular complexity index is 1170. The van der Waals surface area contributed by atoms with Crippen molar-refractivity contribution in [3.05, 3.63) is 88.9 Å². The molecule has 3 rings (SSSR count). The fourth-order valence-corrected chi connectivity index (χ4v) is 4.31. The number of hydrogen-bond acceptors (Lipinski definition) is 5. The van der Waals surface area contributed by atoms with Gasteiger partial charge in [-0.05, 0) is 54.4 Å². The predicted molar refractivity (Wildman–Crippen MR) is 127 cm³/mol. The van der Waals surface area contributed by atoms with Crippen molar-refractivity contribution in [3.8, 4) is 11.5 Å². The van der Waals surface area contributed by atoms with Crippen molar-refractivity contribution >= 4 is 27.5 Å². The van der Waals surface area contributed by atoms with Gasteiger partial charge in [0.15, 0.2) is 0 Å². The molecule has 0 aromatic heterocycles. The highest BCUT2D eigenvalue weighted by Crippen LogP contribution is 2.25. The highest BCUT2D eigenvalue weighted by molar-refractivity contribution is 7.89. The summed E-state index contributed by atoms with van der Waals surface area (Å²) >= 11 is 5.87. The highest BCUT2D eigenvalue weighted by atomic mass is 35.5. The van der Waals surface area contributed by atoms with E-state index in [1.54, 1.807) is 24.3 Å². The summed E-state index contributed by atoms with van der Waals surface area (Å²) in [4.78, 5) is 12.4. The lowest BCUT2D eigenvalue weighted by Crippen LogP contribution is -2.27. The van der Waals surface area contributed by atoms with Gasteiger partial charge in [0, 0.05) is 23.7 Å². The molecule has 2 N–H and O–H groups in total. The monoisotopic (exact) mass is 488 g/mol. The maximum absolute atomic E-state index is 12.9. The van der Waals surface area contributed by atoms with Gasteiger partial charge in [-0.15, -0.1) is 0 Å². The van der Waals surface area contributed by atoms with E-state index in [2.05, 4.69) is 10.0 Å². The average Bonchev–Trinajstić information content (AvgIpc) is 2.83. The highest BCUT2D eigenvalue weighted by Gasteiger charge is 2.21. The van der Waals surface area contributed by atoms with E-state index in [1.165, 1.54) is 25.3 Å². The fourth-order valence-electron chi connectivity index (χ4n) is 2.97. The second-order valence-electron chi connectivity index (χ2n) is 7.09. The minimum atomic E-state index is -3.94. The summed E-state index contributed by atoms with van der Waals surface area (Å²) in [5.41, 5.74) is 0.959. The Balaban J connectivity index is 1.60. The number of benzene rings is 3. The summed E-state index contributed by atoms with van der Waals surface area (Å²) < 4.78 is 39.1. The molecule has 0 fully saturated rings. The van der Waals surface area contributed by atoms with Gasteiger partial charge in [0.1, 0.15) is 16.4 Å². The maximum Gasteiger partial charge on any atom is 0.251 e. The van der Waals surface area contributed by atoms with Crippen LogP contribution >= 0.6 is 11.6 Å². The lowest BCUT2D eigenvalue weighted by molar-refractivity contribution is 0.0951. The van der Waals surface area contributed by atoms with Gasteiger partial charge < -0.3 is 14.8 Å². The van der Waals surface area contributed by atoms with Gasteiger partial charge in [0.05, 0.1) is 13.7 Å². The molecule has 0 radical (unpaired) electrons. The zero-order valence-electron chi connectivity index (χ0n) is 18.1. The van der Waals surface area contributed by atoms with E-state index >= 15 is 0 Å². The van der Waals surface area contributed by atoms with Crippen LogP contribution < -0.4 is 19.5 Å². The van der Waals surface area contributed by atoms with Crippen LogP contribution in [0, 0.1) is 0 Å². The molecule has 0 unspecified atom stereocenters. The second-order valence-corrected chi connectivity index (χ2v) is 9.26. The molecule has 1 amide bonds. The van der Waals surface area contributed by atoms with E-state index in [1.807, 2.05) is 30.3 Å². The molecule has 3 aromatic carbocycles. The molecule has 0 aliphatic carbocycles. The summed E-state index contributed by atoms with van der Waals surface area (Å²) in [6.07, 6.45) is 0.602. The van der Waals surface area contributed by atoms with Crippen LogP contribution in [0.5, 0.6) is 11.5 Å². The number of amides is 1. The maximum atomic E-state index is 12.9. The van der Waals surface area contributed by atoms with Crippen LogP contribution in [-0.4, -0.2) is 34.6 Å². The number of carbonyl (C=O) groups excluding carboxylic acids is 1. The summed E-state index contributed by atoms with van der Waals surface area (Å²) in [5, 5.41) is 3.34. The van der Waals surface area contributed by atoms with Crippen LogP contribution in [0.15, 0.2) is 77.7 Å². The number of sulfonamides is 1. The largest absolute Gasteiger partial charge is 0.495 e. The lowest BCUT2D eigenvalue weighted by Gasteiger charge is -2.13. The smallest absolute Gasteiger partial charge is 0.251 e. The van der Waals surface area contributed by atoms with Crippen molar-refractivity contribution < 1.29 is 22.7 Å². The number of nitrogens with one attached hydrogen (secondary N) is 2. The van der Waals surface area contributed by atoms with E-state index in [4.69, 9.17) is 21.1 Å². The number of carbonyl (C=O) groups is 1. The van der Waals surface area contributed by atoms with E-state index in [0.717, 1.165) is 11.3 Å². The van der Waals surface area contributed by atoms with E-state index < -0.39 is 10.0 Å². The molecule has 7 nitrogen and oxygen atoms in total. The van der Waals surface area contributed by atoms with Crippen LogP contribution in [-0.2, 0) is 16.6 Å². The molecule has 0 atom stereocenters. The fraction of sp³-hybridized carbons (Fsp3) is 0.208. The van der Waals surface area contributed by atoms with Crippen molar-refractivity contribution in [2.75, 3.05) is 20.3 Å². The molecule has 0 bridgehead atoms. The van der Waals surface area contributed by atoms with Crippen molar-refractivity contribution in [2.45, 2.75) is 17.9 Å². The number of halogens is 1. The van der Waals surface area contributed by atoms with Gasteiger partial charge in [-0.1, -0.05) is 41.9 Å². The molecule has 0 aliphatic rings. The standard InChI is InChI=1S/C24H25ClN2O5S/c1-31-22-13-10-19(24(28)26-14-5-15-32-21-6-3-2-4-7-21)16-23(22)33(29,30)27-17-18-8-11-20(25)12-9-18/h2-4,6-13,16,27H,5,14-15,17H2,1H3,(H,26,28). The third-order valence-corrected chi connectivity index (χ3v) is 6.39. The Kier molecular flexibility index (Phi) is 8.71. The van der Waals surface area contributed by atoms with Gasteiger partial charge >= 0.3 is 0 Å². The normalized spacial score (nSPS) is 11.1. The number of rotatable bonds is 11. The third kappa shape index (κ3) is 7.21. The molecule has 0 saturated heterocycles. The first kappa shape index (κ1) is 24.6. The van der Waals surface area contributed by atoms with Crippen LogP contribution in [0.25, 0.3) is 0 Å². The Morgan fingerprint density at radius 1 is 1.00 bits per heavy atom. The Labute approximate surface area is 198 Å². The lowest BCUT2D eigenvalue weighted by atomic mass is 10.2. The molecule has 33 heavy (non-hydrogen) atoms. The van der Waals surface area contributed by atoms with E-state index in [9.17, 15) is 13.2 Å². The molecule has 9 heteroatoms. The number of para-hydroxylation sites is 1. The SMILES string of the molecule is COc1ccc(C(=O)NCCCOc2ccccc2)cc1S(=O)(=O)NCc1ccc(Cl)cc1. The first-order valence-electron chi connectivity index (χ1n) is 10.3. The second kappa shape index (κ2) is 11.7. The summed E-state index contributed by atoms with van der Waals surface area (Å²) in [7, 11) is -2.56. The Morgan fingerprint density at radius 3 is 2.42 bits per heavy atom. The number of methoxy groups -OCH3 is 1. The first-order valence-corrected chi connectivity index (χ1v) is 12.1. The van der Waals surface area contributed by atoms with Crippen molar-refractivity contribution in [1.82, 2.24) is 10.0 Å². The summed E-state index contributed by atoms with van der Waals surface area (Å²) in [6, 6.07) is 20.5. The molecular formula is C24H25ClN2O5S. The third-order valence-electron chi connectivity index (χ3n) is 4.71. The van der Waals surface area contributed by atoms with E-state index in [-0.39, 0.29) is 28.7 Å². The zero-order valence-corrected chi connectivity index (χ0v) is 19.7. The van der Waals surface area contributed by atoms with Crippen LogP contribution in [0.1, 0.15) is 22.3 Å². The minimum Gasteiger partial charge on any atom is -0.495 e. The summed E-state index contributed by atoms with van der Waals surface area (Å²) in [5.74, 6) is 0.526. The van der Waals surface area contributed by atoms with Gasteiger partial charge in [0.25, 0.3) is 5.91 Å². The molecule has 0 aliphatic heterocycles. The number of ether oxygens (including phenoxy) is 2. The van der Waals surface area contributed by atoms with Crippen molar-refractivity contribution in [3.63, 3.8) is 0 Å². The average molecular weight is 489 g/mol. The van der Waals surface area contributed by atoms with E-state index in [0.29, 0.717) is 24.6 Å². The van der Waals surface area contributed by atoms with Gasteiger partial charge in [-0.25, -0.2) is 13.1 Å². The van der Waals surface area contributed by atoms with Gasteiger partial charge in [-0.3, -0.25) is 4.79 Å². The quantitative estimate of drug-likeness (QED) is 0.397.